The molecule has 6 heteroatoms. The molecule has 0 spiro atoms. The molecular weight excluding hydrogens is 360 g/mol. The molecule has 1 atom stereocenters. The summed E-state index contributed by atoms with van der Waals surface area (Å²) >= 11 is 0. The van der Waals surface area contributed by atoms with E-state index >= 15 is 0 Å². The highest BCUT2D eigenvalue weighted by molar-refractivity contribution is 7.89. The molecule has 1 N–H and O–H groups in total. The molecule has 142 valence electrons. The van der Waals surface area contributed by atoms with Gasteiger partial charge in [-0.05, 0) is 24.5 Å². The number of sulfonamides is 1. The Hall–Kier alpha value is -2.44. The Labute approximate surface area is 160 Å². The van der Waals surface area contributed by atoms with Crippen molar-refractivity contribution in [3.05, 3.63) is 60.7 Å². The maximum absolute atomic E-state index is 13.1. The topological polar surface area (TPSA) is 72.2 Å². The summed E-state index contributed by atoms with van der Waals surface area (Å²) in [5, 5.41) is -0.0938. The zero-order valence-electron chi connectivity index (χ0n) is 15.9. The molecule has 0 saturated carbocycles. The van der Waals surface area contributed by atoms with Crippen LogP contribution in [0.5, 0.6) is 0 Å². The molecular formula is C21H24N2O3S. The fourth-order valence-electron chi connectivity index (χ4n) is 2.43. The third-order valence-corrected chi connectivity index (χ3v) is 5.99. The number of nitrogens with one attached hydrogen (secondary N) is 1. The van der Waals surface area contributed by atoms with E-state index in [0.717, 1.165) is 5.56 Å². The van der Waals surface area contributed by atoms with Crippen LogP contribution in [0.1, 0.15) is 27.7 Å². The van der Waals surface area contributed by atoms with Crippen LogP contribution in [0.4, 0.5) is 0 Å². The zero-order chi connectivity index (χ0) is 19.7. The van der Waals surface area contributed by atoms with Crippen LogP contribution >= 0.6 is 0 Å². The molecule has 27 heavy (non-hydrogen) atoms. The van der Waals surface area contributed by atoms with Gasteiger partial charge in [-0.2, -0.15) is 4.98 Å². The summed E-state index contributed by atoms with van der Waals surface area (Å²) in [5.74, 6) is 0.515. The monoisotopic (exact) mass is 384 g/mol. The molecule has 0 amide bonds. The number of hydrogen-bond donors (Lipinski definition) is 1. The van der Waals surface area contributed by atoms with Gasteiger partial charge in [0.05, 0.1) is 0 Å². The van der Waals surface area contributed by atoms with Crippen molar-refractivity contribution in [1.82, 2.24) is 9.71 Å². The molecule has 0 bridgehead atoms. The highest BCUT2D eigenvalue weighted by atomic mass is 32.2. The van der Waals surface area contributed by atoms with Crippen LogP contribution in [-0.4, -0.2) is 19.4 Å². The number of benzene rings is 2. The van der Waals surface area contributed by atoms with Crippen molar-refractivity contribution in [3.8, 4) is 22.8 Å². The number of hydrogen-bond acceptors (Lipinski definition) is 4. The summed E-state index contributed by atoms with van der Waals surface area (Å²) in [7, 11) is -3.86. The average molecular weight is 385 g/mol. The lowest BCUT2D eigenvalue weighted by molar-refractivity contribution is 0.317. The predicted octanol–water partition coefficient (Wildman–Crippen LogP) is 4.72. The van der Waals surface area contributed by atoms with E-state index in [1.807, 2.05) is 88.4 Å². The van der Waals surface area contributed by atoms with E-state index in [4.69, 9.17) is 4.42 Å². The van der Waals surface area contributed by atoms with E-state index in [0.29, 0.717) is 5.56 Å². The molecule has 1 unspecified atom stereocenters. The van der Waals surface area contributed by atoms with E-state index in [1.54, 1.807) is 0 Å². The van der Waals surface area contributed by atoms with Gasteiger partial charge in [-0.15, -0.1) is 0 Å². The normalized spacial score (nSPS) is 13.5. The third kappa shape index (κ3) is 4.28. The summed E-state index contributed by atoms with van der Waals surface area (Å²) < 4.78 is 34.8. The van der Waals surface area contributed by atoms with Crippen molar-refractivity contribution in [2.45, 2.75) is 38.8 Å². The van der Waals surface area contributed by atoms with Gasteiger partial charge in [0.1, 0.15) is 0 Å². The molecule has 1 heterocycles. The van der Waals surface area contributed by atoms with E-state index in [2.05, 4.69) is 9.71 Å². The number of aromatic nitrogens is 1. The predicted molar refractivity (Wildman–Crippen MR) is 107 cm³/mol. The average Bonchev–Trinajstić information content (AvgIpc) is 3.08. The molecule has 0 aliphatic heterocycles. The number of oxazole rings is 1. The third-order valence-electron chi connectivity index (χ3n) is 4.54. The minimum atomic E-state index is -3.86. The highest BCUT2D eigenvalue weighted by Crippen LogP contribution is 2.33. The number of nitrogens with zero attached hydrogens (tertiary/aromatic N) is 1. The van der Waals surface area contributed by atoms with Crippen LogP contribution < -0.4 is 4.72 Å². The summed E-state index contributed by atoms with van der Waals surface area (Å²) in [6.07, 6.45) is 0. The minimum Gasteiger partial charge on any atom is -0.435 e. The Bertz CT molecular complexity index is 1000. The smallest absolute Gasteiger partial charge is 0.262 e. The molecule has 3 rings (SSSR count). The van der Waals surface area contributed by atoms with E-state index in [-0.39, 0.29) is 28.1 Å². The van der Waals surface area contributed by atoms with Crippen molar-refractivity contribution < 1.29 is 12.8 Å². The first-order chi connectivity index (χ1) is 12.7. The Morgan fingerprint density at radius 3 is 1.96 bits per heavy atom. The fourth-order valence-corrected chi connectivity index (χ4v) is 3.97. The maximum Gasteiger partial charge on any atom is 0.262 e. The first-order valence-corrected chi connectivity index (χ1v) is 10.3. The lowest BCUT2D eigenvalue weighted by atomic mass is 9.89. The van der Waals surface area contributed by atoms with Crippen LogP contribution in [0, 0.1) is 5.41 Å². The second kappa shape index (κ2) is 7.29. The molecule has 0 fully saturated rings. The molecule has 0 saturated heterocycles. The molecule has 0 aliphatic rings. The first kappa shape index (κ1) is 19.3. The molecule has 2 aromatic carbocycles. The molecule has 0 radical (unpaired) electrons. The van der Waals surface area contributed by atoms with Crippen molar-refractivity contribution in [3.63, 3.8) is 0 Å². The standard InChI is InChI=1S/C21H24N2O3S/c1-15(21(2,3)4)23-27(24,25)20-18(16-11-7-5-8-12-16)26-19(22-20)17-13-9-6-10-14-17/h5-15,23H,1-4H3. The van der Waals surface area contributed by atoms with E-state index < -0.39 is 10.0 Å². The Morgan fingerprint density at radius 2 is 1.44 bits per heavy atom. The maximum atomic E-state index is 13.1. The van der Waals surface area contributed by atoms with Gasteiger partial charge in [0.2, 0.25) is 10.9 Å². The first-order valence-electron chi connectivity index (χ1n) is 8.82. The summed E-state index contributed by atoms with van der Waals surface area (Å²) in [5.41, 5.74) is 1.15. The van der Waals surface area contributed by atoms with Crippen LogP contribution in [0.25, 0.3) is 22.8 Å². The van der Waals surface area contributed by atoms with Crippen molar-refractivity contribution in [2.75, 3.05) is 0 Å². The molecule has 3 aromatic rings. The van der Waals surface area contributed by atoms with Gasteiger partial charge in [0.25, 0.3) is 10.0 Å². The fraction of sp³-hybridized carbons (Fsp3) is 0.286. The van der Waals surface area contributed by atoms with E-state index in [9.17, 15) is 8.42 Å². The number of rotatable bonds is 5. The molecule has 1 aromatic heterocycles. The van der Waals surface area contributed by atoms with Crippen molar-refractivity contribution in [1.29, 1.82) is 0 Å². The van der Waals surface area contributed by atoms with Gasteiger partial charge >= 0.3 is 0 Å². The second-order valence-corrected chi connectivity index (χ2v) is 9.22. The Balaban J connectivity index is 2.12. The molecule has 0 aliphatic carbocycles. The molecule has 5 nitrogen and oxygen atoms in total. The highest BCUT2D eigenvalue weighted by Gasteiger charge is 2.31. The van der Waals surface area contributed by atoms with Crippen LogP contribution in [0.2, 0.25) is 0 Å². The SMILES string of the molecule is CC(NS(=O)(=O)c1nc(-c2ccccc2)oc1-c1ccccc1)C(C)(C)C. The van der Waals surface area contributed by atoms with E-state index in [1.165, 1.54) is 0 Å². The van der Waals surface area contributed by atoms with Gasteiger partial charge < -0.3 is 4.42 Å². The van der Waals surface area contributed by atoms with Gasteiger partial charge in [-0.25, -0.2) is 13.1 Å². The van der Waals surface area contributed by atoms with Crippen LogP contribution in [0.15, 0.2) is 70.1 Å². The van der Waals surface area contributed by atoms with Crippen LogP contribution in [0.3, 0.4) is 0 Å². The summed E-state index contributed by atoms with van der Waals surface area (Å²) in [4.78, 5) is 4.35. The second-order valence-electron chi connectivity index (χ2n) is 7.59. The van der Waals surface area contributed by atoms with Crippen LogP contribution in [-0.2, 0) is 10.0 Å². The summed E-state index contributed by atoms with van der Waals surface area (Å²) in [6, 6.07) is 18.1. The van der Waals surface area contributed by atoms with Gasteiger partial charge in [-0.3, -0.25) is 0 Å². The zero-order valence-corrected chi connectivity index (χ0v) is 16.7. The van der Waals surface area contributed by atoms with Gasteiger partial charge in [-0.1, -0.05) is 69.3 Å². The quantitative estimate of drug-likeness (QED) is 0.691. The van der Waals surface area contributed by atoms with Gasteiger partial charge in [0.15, 0.2) is 5.76 Å². The van der Waals surface area contributed by atoms with Gasteiger partial charge in [0, 0.05) is 17.2 Å². The summed E-state index contributed by atoms with van der Waals surface area (Å²) in [6.45, 7) is 7.79. The lowest BCUT2D eigenvalue weighted by Crippen LogP contribution is -2.41. The minimum absolute atomic E-state index is 0.0938. The lowest BCUT2D eigenvalue weighted by Gasteiger charge is -2.27. The van der Waals surface area contributed by atoms with Crippen molar-refractivity contribution >= 4 is 10.0 Å². The Kier molecular flexibility index (Phi) is 5.22. The van der Waals surface area contributed by atoms with Crippen molar-refractivity contribution in [2.24, 2.45) is 5.41 Å². The largest absolute Gasteiger partial charge is 0.435 e. The Morgan fingerprint density at radius 1 is 0.926 bits per heavy atom.